The quantitative estimate of drug-likeness (QED) is 0.676. The summed E-state index contributed by atoms with van der Waals surface area (Å²) in [5.41, 5.74) is 1.44. The van der Waals surface area contributed by atoms with Gasteiger partial charge in [-0.15, -0.1) is 22.9 Å². The van der Waals surface area contributed by atoms with Crippen molar-refractivity contribution in [1.29, 1.82) is 0 Å². The molecule has 2 rings (SSSR count). The van der Waals surface area contributed by atoms with Crippen LogP contribution in [0.1, 0.15) is 18.9 Å². The lowest BCUT2D eigenvalue weighted by atomic mass is 10.1. The van der Waals surface area contributed by atoms with Gasteiger partial charge >= 0.3 is 0 Å². The van der Waals surface area contributed by atoms with Gasteiger partial charge in [-0.1, -0.05) is 18.2 Å². The molecule has 0 aliphatic heterocycles. The average Bonchev–Trinajstić information content (AvgIpc) is 2.62. The largest absolute Gasteiger partial charge is 0.144 e. The van der Waals surface area contributed by atoms with Crippen molar-refractivity contribution in [1.82, 2.24) is 0 Å². The number of aryl methyl sites for hydroxylation is 1. The van der Waals surface area contributed by atoms with Gasteiger partial charge in [-0.05, 0) is 42.2 Å². The zero-order valence-corrected chi connectivity index (χ0v) is 9.74. The van der Waals surface area contributed by atoms with E-state index in [1.165, 1.54) is 15.6 Å². The number of thiophene rings is 1. The van der Waals surface area contributed by atoms with Crippen LogP contribution in [0.25, 0.3) is 10.1 Å². The molecule has 0 radical (unpaired) electrons. The minimum Gasteiger partial charge on any atom is -0.144 e. The van der Waals surface area contributed by atoms with Gasteiger partial charge in [0.05, 0.1) is 0 Å². The maximum atomic E-state index is 5.96. The van der Waals surface area contributed by atoms with Gasteiger partial charge in [0.15, 0.2) is 0 Å². The van der Waals surface area contributed by atoms with E-state index < -0.39 is 0 Å². The Bertz CT molecular complexity index is 417. The van der Waals surface area contributed by atoms with Crippen LogP contribution in [0.3, 0.4) is 0 Å². The highest BCUT2D eigenvalue weighted by atomic mass is 35.5. The van der Waals surface area contributed by atoms with Crippen molar-refractivity contribution in [3.63, 3.8) is 0 Å². The first kappa shape index (κ1) is 10.0. The van der Waals surface area contributed by atoms with Gasteiger partial charge in [-0.25, -0.2) is 0 Å². The lowest BCUT2D eigenvalue weighted by Gasteiger charge is -2.04. The summed E-state index contributed by atoms with van der Waals surface area (Å²) in [6.07, 6.45) is 2.14. The zero-order valence-electron chi connectivity index (χ0n) is 8.16. The Kier molecular flexibility index (Phi) is 3.09. The standard InChI is InChI=1S/C12H13ClS/c1-9(13)5-6-10-3-2-4-11-7-8-14-12(10)11/h2-4,7-9H,5-6H2,1H3. The summed E-state index contributed by atoms with van der Waals surface area (Å²) >= 11 is 7.78. The summed E-state index contributed by atoms with van der Waals surface area (Å²) in [5, 5.41) is 3.78. The Morgan fingerprint density at radius 3 is 3.00 bits per heavy atom. The van der Waals surface area contributed by atoms with Crippen molar-refractivity contribution in [3.8, 4) is 0 Å². The van der Waals surface area contributed by atoms with Gasteiger partial charge in [0.25, 0.3) is 0 Å². The van der Waals surface area contributed by atoms with Crippen LogP contribution in [0.2, 0.25) is 0 Å². The van der Waals surface area contributed by atoms with Crippen LogP contribution in [0, 0.1) is 0 Å². The van der Waals surface area contributed by atoms with Crippen molar-refractivity contribution < 1.29 is 0 Å². The van der Waals surface area contributed by atoms with E-state index in [0.717, 1.165) is 12.8 Å². The monoisotopic (exact) mass is 224 g/mol. The molecule has 2 aromatic rings. The Hall–Kier alpha value is -0.530. The highest BCUT2D eigenvalue weighted by molar-refractivity contribution is 7.17. The predicted octanol–water partition coefficient (Wildman–Crippen LogP) is 4.46. The van der Waals surface area contributed by atoms with Crippen molar-refractivity contribution in [2.75, 3.05) is 0 Å². The van der Waals surface area contributed by atoms with E-state index in [1.54, 1.807) is 0 Å². The molecule has 1 aromatic carbocycles. The van der Waals surface area contributed by atoms with E-state index in [-0.39, 0.29) is 5.38 Å². The molecule has 1 aromatic heterocycles. The molecule has 0 fully saturated rings. The molecule has 14 heavy (non-hydrogen) atoms. The van der Waals surface area contributed by atoms with Crippen molar-refractivity contribution in [2.24, 2.45) is 0 Å². The fourth-order valence-electron chi connectivity index (χ4n) is 1.61. The van der Waals surface area contributed by atoms with E-state index in [4.69, 9.17) is 11.6 Å². The number of benzene rings is 1. The molecule has 74 valence electrons. The molecule has 0 saturated carbocycles. The molecule has 0 bridgehead atoms. The minimum absolute atomic E-state index is 0.269. The topological polar surface area (TPSA) is 0 Å². The summed E-state index contributed by atoms with van der Waals surface area (Å²) in [4.78, 5) is 0. The maximum Gasteiger partial charge on any atom is 0.0374 e. The fraction of sp³-hybridized carbons (Fsp3) is 0.333. The summed E-state index contributed by atoms with van der Waals surface area (Å²) in [7, 11) is 0. The third-order valence-electron chi connectivity index (χ3n) is 2.37. The highest BCUT2D eigenvalue weighted by Crippen LogP contribution is 2.26. The molecule has 0 nitrogen and oxygen atoms in total. The number of alkyl halides is 1. The predicted molar refractivity (Wildman–Crippen MR) is 65.5 cm³/mol. The van der Waals surface area contributed by atoms with E-state index >= 15 is 0 Å². The van der Waals surface area contributed by atoms with E-state index in [2.05, 4.69) is 36.6 Å². The minimum atomic E-state index is 0.269. The summed E-state index contributed by atoms with van der Waals surface area (Å²) in [6.45, 7) is 2.05. The SMILES string of the molecule is CC(Cl)CCc1cccc2ccsc12. The number of rotatable bonds is 3. The summed E-state index contributed by atoms with van der Waals surface area (Å²) < 4.78 is 1.42. The second-order valence-electron chi connectivity index (χ2n) is 3.58. The Balaban J connectivity index is 2.27. The van der Waals surface area contributed by atoms with Crippen molar-refractivity contribution >= 4 is 33.0 Å². The molecule has 0 aliphatic carbocycles. The Labute approximate surface area is 93.5 Å². The molecule has 1 heterocycles. The number of hydrogen-bond donors (Lipinski definition) is 0. The second-order valence-corrected chi connectivity index (χ2v) is 5.24. The van der Waals surface area contributed by atoms with Crippen LogP contribution < -0.4 is 0 Å². The molecular weight excluding hydrogens is 212 g/mol. The normalized spacial score (nSPS) is 13.3. The van der Waals surface area contributed by atoms with E-state index in [1.807, 2.05) is 11.3 Å². The lowest BCUT2D eigenvalue weighted by Crippen LogP contribution is -1.94. The molecule has 1 atom stereocenters. The van der Waals surface area contributed by atoms with Gasteiger partial charge < -0.3 is 0 Å². The van der Waals surface area contributed by atoms with Gasteiger partial charge in [-0.2, -0.15) is 0 Å². The second kappa shape index (κ2) is 4.33. The molecule has 0 saturated heterocycles. The molecular formula is C12H13ClS. The molecule has 1 unspecified atom stereocenters. The van der Waals surface area contributed by atoms with Crippen LogP contribution in [0.4, 0.5) is 0 Å². The van der Waals surface area contributed by atoms with E-state index in [0.29, 0.717) is 0 Å². The summed E-state index contributed by atoms with van der Waals surface area (Å²) in [6, 6.07) is 8.68. The highest BCUT2D eigenvalue weighted by Gasteiger charge is 2.03. The van der Waals surface area contributed by atoms with Gasteiger partial charge in [0.2, 0.25) is 0 Å². The maximum absolute atomic E-state index is 5.96. The smallest absolute Gasteiger partial charge is 0.0374 e. The first-order valence-corrected chi connectivity index (χ1v) is 6.18. The molecule has 0 aliphatic rings. The van der Waals surface area contributed by atoms with Crippen molar-refractivity contribution in [3.05, 3.63) is 35.2 Å². The molecule has 2 heteroatoms. The number of fused-ring (bicyclic) bond motifs is 1. The fourth-order valence-corrected chi connectivity index (χ4v) is 2.66. The number of hydrogen-bond acceptors (Lipinski definition) is 1. The third kappa shape index (κ3) is 2.10. The van der Waals surface area contributed by atoms with Crippen LogP contribution in [0.5, 0.6) is 0 Å². The summed E-state index contributed by atoms with van der Waals surface area (Å²) in [5.74, 6) is 0. The Morgan fingerprint density at radius 1 is 1.36 bits per heavy atom. The first-order valence-electron chi connectivity index (χ1n) is 4.86. The van der Waals surface area contributed by atoms with Crippen molar-refractivity contribution in [2.45, 2.75) is 25.1 Å². The van der Waals surface area contributed by atoms with E-state index in [9.17, 15) is 0 Å². The third-order valence-corrected chi connectivity index (χ3v) is 3.60. The molecule has 0 spiro atoms. The first-order chi connectivity index (χ1) is 6.77. The average molecular weight is 225 g/mol. The van der Waals surface area contributed by atoms with Crippen LogP contribution in [0.15, 0.2) is 29.6 Å². The van der Waals surface area contributed by atoms with Gasteiger partial charge in [-0.3, -0.25) is 0 Å². The molecule has 0 N–H and O–H groups in total. The van der Waals surface area contributed by atoms with Crippen LogP contribution in [-0.4, -0.2) is 5.38 Å². The lowest BCUT2D eigenvalue weighted by molar-refractivity contribution is 0.808. The van der Waals surface area contributed by atoms with Gasteiger partial charge in [0.1, 0.15) is 0 Å². The number of halogens is 1. The van der Waals surface area contributed by atoms with Crippen LogP contribution in [-0.2, 0) is 6.42 Å². The Morgan fingerprint density at radius 2 is 2.21 bits per heavy atom. The zero-order chi connectivity index (χ0) is 9.97. The molecule has 0 amide bonds. The van der Waals surface area contributed by atoms with Crippen LogP contribution >= 0.6 is 22.9 Å². The van der Waals surface area contributed by atoms with Gasteiger partial charge in [0, 0.05) is 10.1 Å².